The van der Waals surface area contributed by atoms with Gasteiger partial charge < -0.3 is 10.6 Å². The highest BCUT2D eigenvalue weighted by Crippen LogP contribution is 2.48. The van der Waals surface area contributed by atoms with Crippen LogP contribution in [0.4, 0.5) is 0 Å². The normalized spacial score (nSPS) is 28.0. The van der Waals surface area contributed by atoms with E-state index in [0.717, 1.165) is 18.4 Å². The van der Waals surface area contributed by atoms with Gasteiger partial charge >= 0.3 is 0 Å². The highest BCUT2D eigenvalue weighted by molar-refractivity contribution is 5.91. The van der Waals surface area contributed by atoms with Gasteiger partial charge in [-0.3, -0.25) is 9.48 Å². The number of nitrogens with zero attached hydrogens (tertiary/aromatic N) is 4. The Hall–Kier alpha value is -1.43. The van der Waals surface area contributed by atoms with Crippen molar-refractivity contribution in [3.63, 3.8) is 0 Å². The third kappa shape index (κ3) is 2.57. The van der Waals surface area contributed by atoms with Gasteiger partial charge in [0.05, 0.1) is 12.7 Å². The van der Waals surface area contributed by atoms with Gasteiger partial charge in [0.1, 0.15) is 0 Å². The Labute approximate surface area is 119 Å². The predicted octanol–water partition coefficient (Wildman–Crippen LogP) is 0.745. The molecule has 2 N–H and O–H groups in total. The van der Waals surface area contributed by atoms with Crippen molar-refractivity contribution in [2.45, 2.75) is 32.2 Å². The van der Waals surface area contributed by atoms with Crippen LogP contribution in [0.15, 0.2) is 6.20 Å². The van der Waals surface area contributed by atoms with Crippen LogP contribution < -0.4 is 5.73 Å². The molecule has 6 nitrogen and oxygen atoms in total. The number of hydrogen-bond donors (Lipinski definition) is 1. The first-order valence-electron chi connectivity index (χ1n) is 7.53. The molecule has 0 aliphatic heterocycles. The highest BCUT2D eigenvalue weighted by atomic mass is 16.2. The molecular weight excluding hydrogens is 254 g/mol. The molecular formula is C14H23N5O. The highest BCUT2D eigenvalue weighted by Gasteiger charge is 2.40. The molecule has 1 aromatic heterocycles. The summed E-state index contributed by atoms with van der Waals surface area (Å²) in [6.45, 7) is 1.94. The Bertz CT molecular complexity index is 486. The van der Waals surface area contributed by atoms with Gasteiger partial charge in [-0.1, -0.05) is 11.6 Å². The lowest BCUT2D eigenvalue weighted by atomic mass is 9.88. The van der Waals surface area contributed by atoms with Gasteiger partial charge in [-0.25, -0.2) is 0 Å². The van der Waals surface area contributed by atoms with Gasteiger partial charge in [-0.15, -0.1) is 5.10 Å². The molecule has 20 heavy (non-hydrogen) atoms. The molecule has 0 radical (unpaired) electrons. The quantitative estimate of drug-likeness (QED) is 0.861. The summed E-state index contributed by atoms with van der Waals surface area (Å²) >= 11 is 0. The lowest BCUT2D eigenvalue weighted by Gasteiger charge is -2.26. The molecule has 0 spiro atoms. The fourth-order valence-electron chi connectivity index (χ4n) is 3.87. The van der Waals surface area contributed by atoms with Gasteiger partial charge in [0.25, 0.3) is 5.91 Å². The van der Waals surface area contributed by atoms with Gasteiger partial charge in [-0.05, 0) is 37.0 Å². The minimum absolute atomic E-state index is 0.0314. The molecule has 2 bridgehead atoms. The summed E-state index contributed by atoms with van der Waals surface area (Å²) < 4.78 is 1.62. The van der Waals surface area contributed by atoms with E-state index >= 15 is 0 Å². The third-order valence-corrected chi connectivity index (χ3v) is 4.86. The summed E-state index contributed by atoms with van der Waals surface area (Å²) in [5.74, 6) is 2.40. The molecule has 3 unspecified atom stereocenters. The lowest BCUT2D eigenvalue weighted by molar-refractivity contribution is 0.0748. The monoisotopic (exact) mass is 277 g/mol. The van der Waals surface area contributed by atoms with E-state index in [1.54, 1.807) is 10.9 Å². The molecule has 2 aliphatic carbocycles. The largest absolute Gasteiger partial charge is 0.340 e. The van der Waals surface area contributed by atoms with Crippen molar-refractivity contribution in [2.24, 2.45) is 23.5 Å². The first-order chi connectivity index (χ1) is 9.67. The first-order valence-corrected chi connectivity index (χ1v) is 7.53. The van der Waals surface area contributed by atoms with Gasteiger partial charge in [0, 0.05) is 20.1 Å². The number of nitrogens with two attached hydrogens (primary N) is 1. The summed E-state index contributed by atoms with van der Waals surface area (Å²) in [4.78, 5) is 14.1. The van der Waals surface area contributed by atoms with Crippen LogP contribution in [0.25, 0.3) is 0 Å². The summed E-state index contributed by atoms with van der Waals surface area (Å²) in [5.41, 5.74) is 5.89. The summed E-state index contributed by atoms with van der Waals surface area (Å²) in [6.07, 6.45) is 7.10. The zero-order valence-corrected chi connectivity index (χ0v) is 12.0. The SMILES string of the molecule is CN(CC1CC2CCC1C2)C(=O)c1cn(CCN)nn1. The zero-order valence-electron chi connectivity index (χ0n) is 12.0. The maximum atomic E-state index is 12.3. The van der Waals surface area contributed by atoms with Crippen LogP contribution in [0.3, 0.4) is 0 Å². The molecule has 1 heterocycles. The number of hydrogen-bond acceptors (Lipinski definition) is 4. The molecule has 2 saturated carbocycles. The van der Waals surface area contributed by atoms with E-state index in [9.17, 15) is 4.79 Å². The van der Waals surface area contributed by atoms with E-state index in [0.29, 0.717) is 24.7 Å². The van der Waals surface area contributed by atoms with E-state index in [1.807, 2.05) is 11.9 Å². The molecule has 3 atom stereocenters. The second-order valence-electron chi connectivity index (χ2n) is 6.28. The van der Waals surface area contributed by atoms with E-state index in [-0.39, 0.29) is 5.91 Å². The number of fused-ring (bicyclic) bond motifs is 2. The Balaban J connectivity index is 1.58. The van der Waals surface area contributed by atoms with Gasteiger partial charge in [0.2, 0.25) is 0 Å². The zero-order chi connectivity index (χ0) is 14.1. The van der Waals surface area contributed by atoms with Crippen molar-refractivity contribution < 1.29 is 4.79 Å². The smallest absolute Gasteiger partial charge is 0.275 e. The van der Waals surface area contributed by atoms with E-state index in [2.05, 4.69) is 10.3 Å². The van der Waals surface area contributed by atoms with Crippen molar-refractivity contribution in [2.75, 3.05) is 20.1 Å². The molecule has 0 aromatic carbocycles. The van der Waals surface area contributed by atoms with Crippen molar-refractivity contribution >= 4 is 5.91 Å². The second-order valence-corrected chi connectivity index (χ2v) is 6.28. The van der Waals surface area contributed by atoms with Gasteiger partial charge in [-0.2, -0.15) is 0 Å². The minimum atomic E-state index is -0.0314. The van der Waals surface area contributed by atoms with Crippen molar-refractivity contribution in [1.82, 2.24) is 19.9 Å². The fraction of sp³-hybridized carbons (Fsp3) is 0.786. The fourth-order valence-corrected chi connectivity index (χ4v) is 3.87. The number of amides is 1. The van der Waals surface area contributed by atoms with Crippen LogP contribution in [-0.4, -0.2) is 45.9 Å². The van der Waals surface area contributed by atoms with Crippen molar-refractivity contribution in [3.8, 4) is 0 Å². The Morgan fingerprint density at radius 1 is 1.50 bits per heavy atom. The van der Waals surface area contributed by atoms with Crippen molar-refractivity contribution in [1.29, 1.82) is 0 Å². The lowest BCUT2D eigenvalue weighted by Crippen LogP contribution is -2.34. The average Bonchev–Trinajstić information content (AvgIpc) is 3.14. The van der Waals surface area contributed by atoms with Gasteiger partial charge in [0.15, 0.2) is 5.69 Å². The van der Waals surface area contributed by atoms with E-state index in [4.69, 9.17) is 5.73 Å². The van der Waals surface area contributed by atoms with Crippen LogP contribution in [0, 0.1) is 17.8 Å². The Kier molecular flexibility index (Phi) is 3.74. The second kappa shape index (κ2) is 5.52. The minimum Gasteiger partial charge on any atom is -0.340 e. The van der Waals surface area contributed by atoms with Crippen LogP contribution in [-0.2, 0) is 6.54 Å². The predicted molar refractivity (Wildman–Crippen MR) is 75.0 cm³/mol. The van der Waals surface area contributed by atoms with Crippen LogP contribution in [0.1, 0.15) is 36.2 Å². The molecule has 2 aliphatic rings. The molecule has 2 fully saturated rings. The molecule has 3 rings (SSSR count). The first kappa shape index (κ1) is 13.5. The summed E-state index contributed by atoms with van der Waals surface area (Å²) in [5, 5.41) is 7.86. The summed E-state index contributed by atoms with van der Waals surface area (Å²) in [7, 11) is 1.87. The van der Waals surface area contributed by atoms with Crippen molar-refractivity contribution in [3.05, 3.63) is 11.9 Å². The molecule has 110 valence electrons. The van der Waals surface area contributed by atoms with E-state index < -0.39 is 0 Å². The number of carbonyl (C=O) groups excluding carboxylic acids is 1. The van der Waals surface area contributed by atoms with Crippen LogP contribution in [0.2, 0.25) is 0 Å². The topological polar surface area (TPSA) is 77.0 Å². The maximum absolute atomic E-state index is 12.3. The molecule has 1 amide bonds. The Morgan fingerprint density at radius 2 is 2.35 bits per heavy atom. The Morgan fingerprint density at radius 3 is 3.00 bits per heavy atom. The summed E-state index contributed by atoms with van der Waals surface area (Å²) in [6, 6.07) is 0. The van der Waals surface area contributed by atoms with E-state index in [1.165, 1.54) is 25.7 Å². The molecule has 0 saturated heterocycles. The maximum Gasteiger partial charge on any atom is 0.275 e. The van der Waals surface area contributed by atoms with Crippen LogP contribution in [0.5, 0.6) is 0 Å². The third-order valence-electron chi connectivity index (χ3n) is 4.86. The standard InChI is InChI=1S/C14H23N5O/c1-18(8-12-7-10-2-3-11(12)6-10)14(20)13-9-19(5-4-15)17-16-13/h9-12H,2-8,15H2,1H3. The van der Waals surface area contributed by atoms with Crippen LogP contribution >= 0.6 is 0 Å². The molecule has 1 aromatic rings. The number of rotatable bonds is 5. The number of carbonyl (C=O) groups is 1. The average molecular weight is 277 g/mol. The molecule has 6 heteroatoms. The number of aromatic nitrogens is 3.